The normalized spacial score (nSPS) is 20.8. The van der Waals surface area contributed by atoms with Gasteiger partial charge in [0, 0.05) is 32.0 Å². The minimum Gasteiger partial charge on any atom is -0.488 e. The number of pyridine rings is 2. The molecule has 0 radical (unpaired) electrons. The van der Waals surface area contributed by atoms with E-state index in [1.54, 1.807) is 21.5 Å². The fourth-order valence-corrected chi connectivity index (χ4v) is 5.30. The van der Waals surface area contributed by atoms with Gasteiger partial charge in [0.2, 0.25) is 0 Å². The molecule has 13 heteroatoms. The Labute approximate surface area is 228 Å². The molecular weight excluding hydrogens is 522 g/mol. The van der Waals surface area contributed by atoms with Gasteiger partial charge in [-0.05, 0) is 31.5 Å². The molecule has 4 aromatic heterocycles. The van der Waals surface area contributed by atoms with Crippen LogP contribution in [0.3, 0.4) is 0 Å². The zero-order valence-corrected chi connectivity index (χ0v) is 22.1. The fourth-order valence-electron chi connectivity index (χ4n) is 5.30. The number of aromatic nitrogens is 6. The molecule has 2 fully saturated rings. The monoisotopic (exact) mass is 550 g/mol. The third-order valence-electron chi connectivity index (χ3n) is 7.64. The minimum absolute atomic E-state index is 0.0457. The van der Waals surface area contributed by atoms with E-state index in [0.29, 0.717) is 66.0 Å². The molecule has 11 nitrogen and oxygen atoms in total. The third kappa shape index (κ3) is 4.78. The highest BCUT2D eigenvalue weighted by Gasteiger charge is 2.37. The van der Waals surface area contributed by atoms with Gasteiger partial charge in [0.05, 0.1) is 49.1 Å². The lowest BCUT2D eigenvalue weighted by Crippen LogP contribution is -2.55. The van der Waals surface area contributed by atoms with E-state index >= 15 is 4.39 Å². The lowest BCUT2D eigenvalue weighted by atomic mass is 10.00. The average molecular weight is 551 g/mol. The smallest absolute Gasteiger partial charge is 0.147 e. The van der Waals surface area contributed by atoms with Crippen LogP contribution in [-0.2, 0) is 9.47 Å². The molecule has 0 saturated carbocycles. The Morgan fingerprint density at radius 1 is 1.27 bits per heavy atom. The second kappa shape index (κ2) is 10.9. The summed E-state index contributed by atoms with van der Waals surface area (Å²) >= 11 is 0. The van der Waals surface area contributed by atoms with Crippen LogP contribution in [0.15, 0.2) is 36.8 Å². The molecule has 0 spiro atoms. The predicted molar refractivity (Wildman–Crippen MR) is 138 cm³/mol. The van der Waals surface area contributed by atoms with Gasteiger partial charge in [0.1, 0.15) is 53.3 Å². The first-order chi connectivity index (χ1) is 19.5. The highest BCUT2D eigenvalue weighted by Crippen LogP contribution is 2.34. The molecule has 2 aliphatic rings. The molecule has 0 aliphatic carbocycles. The van der Waals surface area contributed by atoms with E-state index in [1.165, 1.54) is 25.4 Å². The number of hydrogen-bond acceptors (Lipinski definition) is 9. The molecule has 6 rings (SSSR count). The molecule has 0 unspecified atom stereocenters. The van der Waals surface area contributed by atoms with Crippen LogP contribution in [0.4, 0.5) is 8.78 Å². The van der Waals surface area contributed by atoms with Crippen LogP contribution < -0.4 is 4.74 Å². The van der Waals surface area contributed by atoms with Gasteiger partial charge in [-0.3, -0.25) is 9.88 Å². The Balaban J connectivity index is 1.28. The highest BCUT2D eigenvalue weighted by molar-refractivity contribution is 5.74. The van der Waals surface area contributed by atoms with Crippen LogP contribution >= 0.6 is 0 Å². The first-order valence-corrected chi connectivity index (χ1v) is 13.0. The summed E-state index contributed by atoms with van der Waals surface area (Å²) in [6, 6.07) is 6.61. The van der Waals surface area contributed by atoms with Crippen molar-refractivity contribution in [3.8, 4) is 23.1 Å². The van der Waals surface area contributed by atoms with Crippen LogP contribution in [0.25, 0.3) is 16.8 Å². The van der Waals surface area contributed by atoms with E-state index in [4.69, 9.17) is 14.2 Å². The third-order valence-corrected chi connectivity index (χ3v) is 7.64. The first kappa shape index (κ1) is 26.2. The summed E-state index contributed by atoms with van der Waals surface area (Å²) in [7, 11) is 1.51. The van der Waals surface area contributed by atoms with Gasteiger partial charge < -0.3 is 14.2 Å². The summed E-state index contributed by atoms with van der Waals surface area (Å²) in [5.41, 5.74) is 3.24. The molecule has 6 heterocycles. The Kier molecular flexibility index (Phi) is 7.14. The second-order valence-electron chi connectivity index (χ2n) is 10.0. The number of nitrogens with zero attached hydrogens (tertiary/aromatic N) is 8. The molecule has 0 N–H and O–H groups in total. The Morgan fingerprint density at radius 2 is 2.12 bits per heavy atom. The lowest BCUT2D eigenvalue weighted by Gasteiger charge is -2.42. The number of hydrogen-bond donors (Lipinski definition) is 0. The van der Waals surface area contributed by atoms with Crippen molar-refractivity contribution in [2.45, 2.75) is 37.7 Å². The minimum atomic E-state index is -1.08. The number of piperidine rings is 1. The first-order valence-electron chi connectivity index (χ1n) is 13.0. The summed E-state index contributed by atoms with van der Waals surface area (Å²) in [6.45, 7) is 4.33. The number of halogens is 2. The van der Waals surface area contributed by atoms with Crippen molar-refractivity contribution in [1.82, 2.24) is 34.5 Å². The molecule has 208 valence electrons. The predicted octanol–water partition coefficient (Wildman–Crippen LogP) is 3.06. The number of alkyl halides is 1. The Hall–Kier alpha value is -3.99. The standard InChI is InChI=1S/C27H28F2N8O3/c1-16-26(33-34-37(16)23-5-6-35(12-21(23)29)20-13-39-14-20)17-7-24(27-18(8-30)9-32-36(27)11-17)40-15-25(38-2)22-4-3-19(28)10-31-22/h3-4,7,9-11,20-21,23,25H,5-6,12-15H2,1-2H3/t21-,23+,25-/m0/s1. The Morgan fingerprint density at radius 3 is 2.80 bits per heavy atom. The maximum atomic E-state index is 15.3. The van der Waals surface area contributed by atoms with Crippen LogP contribution in [0, 0.1) is 24.1 Å². The topological polar surface area (TPSA) is 116 Å². The van der Waals surface area contributed by atoms with Crippen molar-refractivity contribution in [2.24, 2.45) is 0 Å². The van der Waals surface area contributed by atoms with Crippen molar-refractivity contribution in [1.29, 1.82) is 5.26 Å². The van der Waals surface area contributed by atoms with Gasteiger partial charge in [-0.15, -0.1) is 5.10 Å². The molecule has 40 heavy (non-hydrogen) atoms. The van der Waals surface area contributed by atoms with Gasteiger partial charge in [-0.25, -0.2) is 18.0 Å². The largest absolute Gasteiger partial charge is 0.488 e. The van der Waals surface area contributed by atoms with E-state index in [0.717, 1.165) is 18.4 Å². The SMILES string of the molecule is CO[C@@H](COc1cc(-c2nnn([C@@H]3CCN(C4COC4)C[C@@H]3F)c2C)cn2ncc(C#N)c12)c1ccc(F)cn1. The molecule has 2 aliphatic heterocycles. The number of rotatable bonds is 8. The van der Waals surface area contributed by atoms with Crippen LogP contribution in [0.5, 0.6) is 5.75 Å². The van der Waals surface area contributed by atoms with E-state index < -0.39 is 24.1 Å². The average Bonchev–Trinajstić information content (AvgIpc) is 3.52. The number of ether oxygens (including phenoxy) is 3. The fraction of sp³-hybridized carbons (Fsp3) is 0.444. The van der Waals surface area contributed by atoms with Gasteiger partial charge in [-0.2, -0.15) is 10.4 Å². The second-order valence-corrected chi connectivity index (χ2v) is 10.0. The summed E-state index contributed by atoms with van der Waals surface area (Å²) < 4.78 is 48.8. The van der Waals surface area contributed by atoms with Crippen molar-refractivity contribution < 1.29 is 23.0 Å². The summed E-state index contributed by atoms with van der Waals surface area (Å²) in [4.78, 5) is 6.24. The number of methoxy groups -OCH3 is 1. The molecule has 2 saturated heterocycles. The quantitative estimate of drug-likeness (QED) is 0.326. The summed E-state index contributed by atoms with van der Waals surface area (Å²) in [5.74, 6) is -0.0723. The van der Waals surface area contributed by atoms with Crippen LogP contribution in [-0.4, -0.2) is 86.7 Å². The van der Waals surface area contributed by atoms with E-state index in [9.17, 15) is 9.65 Å². The zero-order chi connectivity index (χ0) is 27.8. The van der Waals surface area contributed by atoms with E-state index in [-0.39, 0.29) is 6.61 Å². The van der Waals surface area contributed by atoms with Crippen LogP contribution in [0.2, 0.25) is 0 Å². The van der Waals surface area contributed by atoms with Crippen LogP contribution in [0.1, 0.15) is 35.5 Å². The van der Waals surface area contributed by atoms with Crippen molar-refractivity contribution in [3.05, 3.63) is 59.6 Å². The van der Waals surface area contributed by atoms with Gasteiger partial charge in [0.15, 0.2) is 0 Å². The van der Waals surface area contributed by atoms with E-state index in [1.807, 2.05) is 6.92 Å². The molecule has 0 bridgehead atoms. The molecule has 0 amide bonds. The zero-order valence-electron chi connectivity index (χ0n) is 22.1. The molecule has 3 atom stereocenters. The maximum Gasteiger partial charge on any atom is 0.147 e. The van der Waals surface area contributed by atoms with E-state index in [2.05, 4.69) is 31.4 Å². The Bertz CT molecular complexity index is 1550. The number of likely N-dealkylation sites (tertiary alicyclic amines) is 1. The lowest BCUT2D eigenvalue weighted by molar-refractivity contribution is -0.0849. The summed E-state index contributed by atoms with van der Waals surface area (Å²) in [5, 5.41) is 22.7. The van der Waals surface area contributed by atoms with Gasteiger partial charge in [0.25, 0.3) is 0 Å². The molecule has 0 aromatic carbocycles. The van der Waals surface area contributed by atoms with Crippen molar-refractivity contribution >= 4 is 5.52 Å². The molecule has 4 aromatic rings. The van der Waals surface area contributed by atoms with Gasteiger partial charge >= 0.3 is 0 Å². The molecular formula is C27H28F2N8O3. The van der Waals surface area contributed by atoms with Gasteiger partial charge in [-0.1, -0.05) is 5.21 Å². The summed E-state index contributed by atoms with van der Waals surface area (Å²) in [6.07, 6.45) is 3.27. The number of fused-ring (bicyclic) bond motifs is 1. The van der Waals surface area contributed by atoms with Crippen molar-refractivity contribution in [3.63, 3.8) is 0 Å². The maximum absolute atomic E-state index is 15.3. The van der Waals surface area contributed by atoms with Crippen molar-refractivity contribution in [2.75, 3.05) is 40.0 Å². The highest BCUT2D eigenvalue weighted by atomic mass is 19.1. The number of nitriles is 1.